The summed E-state index contributed by atoms with van der Waals surface area (Å²) < 4.78 is 0. The summed E-state index contributed by atoms with van der Waals surface area (Å²) in [5.74, 6) is -0.973. The van der Waals surface area contributed by atoms with Gasteiger partial charge in [-0.25, -0.2) is 9.78 Å². The van der Waals surface area contributed by atoms with Gasteiger partial charge in [0.25, 0.3) is 0 Å². The number of pyridine rings is 1. The van der Waals surface area contributed by atoms with Gasteiger partial charge in [-0.1, -0.05) is 29.8 Å². The molecule has 2 heterocycles. The highest BCUT2D eigenvalue weighted by molar-refractivity contribution is 6.31. The molecule has 2 N–H and O–H groups in total. The summed E-state index contributed by atoms with van der Waals surface area (Å²) in [7, 11) is 0. The summed E-state index contributed by atoms with van der Waals surface area (Å²) in [6, 6.07) is 16.0. The number of rotatable bonds is 3. The summed E-state index contributed by atoms with van der Waals surface area (Å²) in [5, 5.41) is 17.7. The van der Waals surface area contributed by atoms with Gasteiger partial charge in [-0.3, -0.25) is 5.10 Å². The summed E-state index contributed by atoms with van der Waals surface area (Å²) in [5.41, 5.74) is 4.12. The Hall–Kier alpha value is -3.18. The molecule has 0 spiro atoms. The van der Waals surface area contributed by atoms with Crippen molar-refractivity contribution in [1.82, 2.24) is 15.2 Å². The van der Waals surface area contributed by atoms with Crippen LogP contribution in [0.1, 0.15) is 10.4 Å². The minimum Gasteiger partial charge on any atom is -0.478 e. The Morgan fingerprint density at radius 3 is 2.72 bits per heavy atom. The van der Waals surface area contributed by atoms with Crippen LogP contribution in [-0.2, 0) is 0 Å². The predicted octanol–water partition coefficient (Wildman–Crippen LogP) is 4.64. The number of aromatic nitrogens is 3. The molecule has 2 aromatic heterocycles. The van der Waals surface area contributed by atoms with Crippen LogP contribution in [0.2, 0.25) is 5.02 Å². The highest BCUT2D eigenvalue weighted by atomic mass is 35.5. The Morgan fingerprint density at radius 1 is 1.08 bits per heavy atom. The molecule has 2 aromatic carbocycles. The normalized spacial score (nSPS) is 10.9. The van der Waals surface area contributed by atoms with Crippen LogP contribution in [0.3, 0.4) is 0 Å². The zero-order valence-electron chi connectivity index (χ0n) is 12.9. The minimum atomic E-state index is -0.973. The van der Waals surface area contributed by atoms with E-state index >= 15 is 0 Å². The average Bonchev–Trinajstić information content (AvgIpc) is 3.15. The minimum absolute atomic E-state index is 0.216. The molecule has 0 aliphatic rings. The fourth-order valence-corrected chi connectivity index (χ4v) is 2.96. The van der Waals surface area contributed by atoms with Crippen LogP contribution in [0.5, 0.6) is 0 Å². The van der Waals surface area contributed by atoms with Crippen molar-refractivity contribution in [2.45, 2.75) is 0 Å². The van der Waals surface area contributed by atoms with Crippen molar-refractivity contribution in [1.29, 1.82) is 0 Å². The maximum Gasteiger partial charge on any atom is 0.335 e. The number of nitrogens with one attached hydrogen (secondary N) is 1. The Bertz CT molecular complexity index is 1090. The molecule has 5 nitrogen and oxygen atoms in total. The summed E-state index contributed by atoms with van der Waals surface area (Å²) in [6.45, 7) is 0. The Kier molecular flexibility index (Phi) is 3.71. The van der Waals surface area contributed by atoms with Gasteiger partial charge >= 0.3 is 5.97 Å². The molecule has 122 valence electrons. The molecule has 0 amide bonds. The topological polar surface area (TPSA) is 78.9 Å². The van der Waals surface area contributed by atoms with Crippen LogP contribution in [-0.4, -0.2) is 26.3 Å². The fraction of sp³-hybridized carbons (Fsp3) is 0. The molecule has 0 saturated carbocycles. The quantitative estimate of drug-likeness (QED) is 0.564. The lowest BCUT2D eigenvalue weighted by atomic mass is 10.0. The molecule has 0 fully saturated rings. The molecule has 6 heteroatoms. The highest BCUT2D eigenvalue weighted by Gasteiger charge is 2.12. The smallest absolute Gasteiger partial charge is 0.335 e. The number of hydrogen-bond acceptors (Lipinski definition) is 3. The van der Waals surface area contributed by atoms with Gasteiger partial charge in [-0.05, 0) is 36.4 Å². The molecule has 0 aliphatic heterocycles. The largest absolute Gasteiger partial charge is 0.478 e. The number of H-pyrrole nitrogens is 1. The second kappa shape index (κ2) is 6.03. The number of aromatic carboxylic acids is 1. The van der Waals surface area contributed by atoms with Crippen molar-refractivity contribution >= 4 is 28.5 Å². The van der Waals surface area contributed by atoms with Gasteiger partial charge in [-0.15, -0.1) is 0 Å². The van der Waals surface area contributed by atoms with Gasteiger partial charge in [-0.2, -0.15) is 5.10 Å². The molecule has 0 atom stereocenters. The van der Waals surface area contributed by atoms with Crippen LogP contribution in [0, 0.1) is 0 Å². The molecule has 0 saturated heterocycles. The number of carboxylic acids is 1. The van der Waals surface area contributed by atoms with Crippen molar-refractivity contribution in [3.8, 4) is 22.5 Å². The third-order valence-electron chi connectivity index (χ3n) is 3.97. The summed E-state index contributed by atoms with van der Waals surface area (Å²) in [4.78, 5) is 15.9. The first-order chi connectivity index (χ1) is 12.1. The van der Waals surface area contributed by atoms with E-state index in [1.165, 1.54) is 0 Å². The van der Waals surface area contributed by atoms with E-state index in [1.54, 1.807) is 30.5 Å². The van der Waals surface area contributed by atoms with Crippen LogP contribution in [0.15, 0.2) is 60.8 Å². The summed E-state index contributed by atoms with van der Waals surface area (Å²) >= 11 is 6.12. The van der Waals surface area contributed by atoms with Gasteiger partial charge in [0.1, 0.15) is 0 Å². The second-order valence-electron chi connectivity index (χ2n) is 5.57. The molecule has 4 aromatic rings. The molecular weight excluding hydrogens is 338 g/mol. The first-order valence-electron chi connectivity index (χ1n) is 7.55. The van der Waals surface area contributed by atoms with Gasteiger partial charge < -0.3 is 5.11 Å². The lowest BCUT2D eigenvalue weighted by Crippen LogP contribution is -1.97. The third kappa shape index (κ3) is 2.86. The maximum atomic E-state index is 11.2. The molecule has 25 heavy (non-hydrogen) atoms. The monoisotopic (exact) mass is 349 g/mol. The number of carboxylic acid groups (broad SMARTS) is 1. The Morgan fingerprint density at radius 2 is 1.96 bits per heavy atom. The number of hydrogen-bond donors (Lipinski definition) is 2. The number of nitrogens with zero attached hydrogens (tertiary/aromatic N) is 2. The summed E-state index contributed by atoms with van der Waals surface area (Å²) in [6.07, 6.45) is 1.68. The zero-order valence-corrected chi connectivity index (χ0v) is 13.7. The van der Waals surface area contributed by atoms with E-state index in [-0.39, 0.29) is 5.56 Å². The highest BCUT2D eigenvalue weighted by Crippen LogP contribution is 2.32. The van der Waals surface area contributed by atoms with Crippen molar-refractivity contribution in [2.24, 2.45) is 0 Å². The first-order valence-corrected chi connectivity index (χ1v) is 7.93. The fourth-order valence-electron chi connectivity index (χ4n) is 2.79. The molecule has 0 radical (unpaired) electrons. The third-order valence-corrected chi connectivity index (χ3v) is 4.20. The first kappa shape index (κ1) is 15.4. The molecule has 4 rings (SSSR count). The average molecular weight is 350 g/mol. The van der Waals surface area contributed by atoms with E-state index in [1.807, 2.05) is 30.3 Å². The zero-order chi connectivity index (χ0) is 17.4. The van der Waals surface area contributed by atoms with Crippen LogP contribution in [0.4, 0.5) is 0 Å². The Labute approximate surface area is 147 Å². The Balaban J connectivity index is 1.99. The number of carbonyl (C=O) groups is 1. The lowest BCUT2D eigenvalue weighted by molar-refractivity contribution is 0.0697. The number of halogens is 1. The van der Waals surface area contributed by atoms with Crippen molar-refractivity contribution in [3.63, 3.8) is 0 Å². The van der Waals surface area contributed by atoms with Crippen molar-refractivity contribution < 1.29 is 9.90 Å². The SMILES string of the molecule is O=C(O)c1cccc(-c2cc(-c3ccn[nH]3)c3ccc(Cl)cc3n2)c1. The van der Waals surface area contributed by atoms with Gasteiger partial charge in [0, 0.05) is 27.7 Å². The van der Waals surface area contributed by atoms with Crippen LogP contribution in [0.25, 0.3) is 33.4 Å². The van der Waals surface area contributed by atoms with E-state index in [0.717, 1.165) is 27.7 Å². The van der Waals surface area contributed by atoms with Gasteiger partial charge in [0.2, 0.25) is 0 Å². The molecule has 0 bridgehead atoms. The van der Waals surface area contributed by atoms with E-state index in [2.05, 4.69) is 15.2 Å². The number of aromatic amines is 1. The van der Waals surface area contributed by atoms with E-state index in [4.69, 9.17) is 11.6 Å². The van der Waals surface area contributed by atoms with Crippen LogP contribution < -0.4 is 0 Å². The lowest BCUT2D eigenvalue weighted by Gasteiger charge is -2.10. The molecular formula is C19H12ClN3O2. The molecule has 0 unspecified atom stereocenters. The molecule has 0 aliphatic carbocycles. The van der Waals surface area contributed by atoms with E-state index in [9.17, 15) is 9.90 Å². The standard InChI is InChI=1S/C19H12ClN3O2/c20-13-4-5-14-15(16-6-7-21-23-16)10-17(22-18(14)9-13)11-2-1-3-12(8-11)19(24)25/h1-10H,(H,21,23)(H,24,25). The van der Waals surface area contributed by atoms with Gasteiger partial charge in [0.05, 0.1) is 22.5 Å². The number of benzene rings is 2. The maximum absolute atomic E-state index is 11.2. The van der Waals surface area contributed by atoms with E-state index in [0.29, 0.717) is 10.7 Å². The number of fused-ring (bicyclic) bond motifs is 1. The second-order valence-corrected chi connectivity index (χ2v) is 6.01. The predicted molar refractivity (Wildman–Crippen MR) is 96.7 cm³/mol. The van der Waals surface area contributed by atoms with Crippen LogP contribution >= 0.6 is 11.6 Å². The van der Waals surface area contributed by atoms with Crippen molar-refractivity contribution in [2.75, 3.05) is 0 Å². The van der Waals surface area contributed by atoms with E-state index < -0.39 is 5.97 Å². The van der Waals surface area contributed by atoms with Crippen molar-refractivity contribution in [3.05, 3.63) is 71.4 Å². The van der Waals surface area contributed by atoms with Gasteiger partial charge in [0.15, 0.2) is 0 Å².